The molecular weight excluding hydrogens is 795 g/mol. The molecule has 0 saturated carbocycles. The van der Waals surface area contributed by atoms with Gasteiger partial charge in [0.2, 0.25) is 11.8 Å². The number of rotatable bonds is 14. The number of para-hydroxylation sites is 1. The SMILES string of the molecule is Cc1ncsc1-c1ccc([C@H](C)NC(=O)[C@@H]2C[C@@H](O)CN2C(=O)[C@@H](c2cc(OCCN3CC(c4cc5nnc(-c6ccccc6O)cc5n4C(F)F)C3)no2)C(C)C)cc1. The molecule has 0 radical (unpaired) electrons. The zero-order valence-corrected chi connectivity index (χ0v) is 34.4. The summed E-state index contributed by atoms with van der Waals surface area (Å²) in [4.78, 5) is 36.7. The van der Waals surface area contributed by atoms with E-state index in [-0.39, 0.29) is 72.2 Å². The fourth-order valence-electron chi connectivity index (χ4n) is 8.21. The lowest BCUT2D eigenvalue weighted by Crippen LogP contribution is -2.48. The van der Waals surface area contributed by atoms with Gasteiger partial charge in [0.25, 0.3) is 5.88 Å². The number of aromatic hydroxyl groups is 1. The zero-order valence-electron chi connectivity index (χ0n) is 33.5. The van der Waals surface area contributed by atoms with Gasteiger partial charge in [-0.05, 0) is 60.3 Å². The number of aryl methyl sites for hydroxylation is 1. The number of thiazole rings is 1. The van der Waals surface area contributed by atoms with Gasteiger partial charge < -0.3 is 29.7 Å². The van der Waals surface area contributed by atoms with Crippen molar-refractivity contribution in [3.05, 3.63) is 95.0 Å². The van der Waals surface area contributed by atoms with Crippen molar-refractivity contribution < 1.29 is 37.8 Å². The lowest BCUT2D eigenvalue weighted by atomic mass is 9.91. The molecule has 0 bridgehead atoms. The third-order valence-corrected chi connectivity index (χ3v) is 12.4. The number of fused-ring (bicyclic) bond motifs is 1. The van der Waals surface area contributed by atoms with Crippen LogP contribution in [0.1, 0.15) is 74.3 Å². The van der Waals surface area contributed by atoms with E-state index in [1.165, 1.54) is 17.0 Å². The van der Waals surface area contributed by atoms with Gasteiger partial charge in [0.05, 0.1) is 39.4 Å². The average Bonchev–Trinajstić information content (AvgIpc) is 4.02. The molecule has 6 heterocycles. The molecule has 3 N–H and O–H groups in total. The van der Waals surface area contributed by atoms with Gasteiger partial charge in [-0.3, -0.25) is 19.1 Å². The minimum Gasteiger partial charge on any atom is -0.507 e. The fourth-order valence-corrected chi connectivity index (χ4v) is 9.02. The molecule has 6 aromatic rings. The Morgan fingerprint density at radius 1 is 1.03 bits per heavy atom. The standard InChI is InChI=1S/C43H46F2N8O6S/c1-23(2)39(42(57)52-21-29(54)15-35(52)41(56)47-24(3)26-9-11-27(12-10-26)40-25(4)46-22-60-40)37-18-38(50-59-37)58-14-13-51-19-28(20-51)33-17-32-34(53(33)43(44)45)16-31(48-49-32)30-7-5-6-8-36(30)55/h5-12,16-18,22-24,28-29,35,39,43,54-55H,13-15,19-21H2,1-4H3,(H,47,56)/t24-,29+,35-,39+/m0/s1. The second-order valence-corrected chi connectivity index (χ2v) is 16.7. The predicted octanol–water partition coefficient (Wildman–Crippen LogP) is 6.68. The van der Waals surface area contributed by atoms with Crippen LogP contribution in [0.2, 0.25) is 0 Å². The first-order valence-electron chi connectivity index (χ1n) is 19.9. The van der Waals surface area contributed by atoms with E-state index < -0.39 is 24.6 Å². The van der Waals surface area contributed by atoms with E-state index in [4.69, 9.17) is 9.26 Å². The first kappa shape index (κ1) is 41.0. The lowest BCUT2D eigenvalue weighted by Gasteiger charge is -2.39. The molecule has 2 saturated heterocycles. The van der Waals surface area contributed by atoms with Gasteiger partial charge in [-0.1, -0.05) is 50.2 Å². The Balaban J connectivity index is 0.861. The molecule has 0 unspecified atom stereocenters. The number of benzene rings is 2. The summed E-state index contributed by atoms with van der Waals surface area (Å²) in [5, 5.41) is 36.4. The van der Waals surface area contributed by atoms with Crippen molar-refractivity contribution >= 4 is 34.2 Å². The Bertz CT molecular complexity index is 2480. The highest BCUT2D eigenvalue weighted by Crippen LogP contribution is 2.37. The van der Waals surface area contributed by atoms with Gasteiger partial charge in [-0.25, -0.2) is 4.98 Å². The van der Waals surface area contributed by atoms with Crippen molar-refractivity contribution in [3.8, 4) is 33.3 Å². The number of aliphatic hydroxyl groups excluding tert-OH is 1. The van der Waals surface area contributed by atoms with Crippen LogP contribution in [0.4, 0.5) is 8.78 Å². The largest absolute Gasteiger partial charge is 0.507 e. The number of phenols is 1. The summed E-state index contributed by atoms with van der Waals surface area (Å²) >= 11 is 1.57. The number of likely N-dealkylation sites (tertiary alicyclic amines) is 2. The van der Waals surface area contributed by atoms with E-state index >= 15 is 0 Å². The van der Waals surface area contributed by atoms with Crippen LogP contribution in [-0.4, -0.2) is 102 Å². The van der Waals surface area contributed by atoms with Gasteiger partial charge in [0.1, 0.15) is 29.8 Å². The highest BCUT2D eigenvalue weighted by atomic mass is 32.1. The number of hydrogen-bond acceptors (Lipinski definition) is 12. The first-order chi connectivity index (χ1) is 28.9. The number of amides is 2. The third-order valence-electron chi connectivity index (χ3n) is 11.4. The van der Waals surface area contributed by atoms with Crippen LogP contribution in [0, 0.1) is 12.8 Å². The maximum Gasteiger partial charge on any atom is 0.319 e. The van der Waals surface area contributed by atoms with Crippen LogP contribution >= 0.6 is 11.3 Å². The average molecular weight is 841 g/mol. The summed E-state index contributed by atoms with van der Waals surface area (Å²) in [5.74, 6) is -1.42. The Hall–Kier alpha value is -5.78. The second kappa shape index (κ2) is 17.1. The number of ether oxygens (including phenoxy) is 1. The number of nitrogens with zero attached hydrogens (tertiary/aromatic N) is 7. The van der Waals surface area contributed by atoms with Crippen LogP contribution in [0.5, 0.6) is 11.6 Å². The van der Waals surface area contributed by atoms with Gasteiger partial charge in [0.15, 0.2) is 5.76 Å². The van der Waals surface area contributed by atoms with Crippen LogP contribution in [0.15, 0.2) is 76.8 Å². The second-order valence-electron chi connectivity index (χ2n) is 15.8. The molecule has 0 spiro atoms. The van der Waals surface area contributed by atoms with E-state index in [1.807, 2.05) is 57.5 Å². The molecule has 2 fully saturated rings. The van der Waals surface area contributed by atoms with Gasteiger partial charge in [-0.2, -0.15) is 8.78 Å². The van der Waals surface area contributed by atoms with Crippen molar-refractivity contribution in [1.82, 2.24) is 40.0 Å². The predicted molar refractivity (Wildman–Crippen MR) is 220 cm³/mol. The fraction of sp³-hybridized carbons (Fsp3) is 0.395. The summed E-state index contributed by atoms with van der Waals surface area (Å²) in [7, 11) is 0. The molecule has 314 valence electrons. The van der Waals surface area contributed by atoms with Gasteiger partial charge in [0, 0.05) is 55.8 Å². The maximum absolute atomic E-state index is 14.5. The molecule has 60 heavy (non-hydrogen) atoms. The molecule has 2 aliphatic heterocycles. The monoisotopic (exact) mass is 840 g/mol. The summed E-state index contributed by atoms with van der Waals surface area (Å²) < 4.78 is 41.4. The molecular formula is C43H46F2N8O6S. The minimum absolute atomic E-state index is 0.0104. The van der Waals surface area contributed by atoms with Gasteiger partial charge in [-0.15, -0.1) is 21.5 Å². The Kier molecular flexibility index (Phi) is 11.7. The van der Waals surface area contributed by atoms with Crippen molar-refractivity contribution in [2.45, 2.75) is 70.7 Å². The maximum atomic E-state index is 14.5. The Morgan fingerprint density at radius 2 is 1.80 bits per heavy atom. The van der Waals surface area contributed by atoms with Crippen LogP contribution in [-0.2, 0) is 9.59 Å². The number of hydrogen-bond donors (Lipinski definition) is 3. The van der Waals surface area contributed by atoms with Crippen molar-refractivity contribution in [1.29, 1.82) is 0 Å². The summed E-state index contributed by atoms with van der Waals surface area (Å²) in [6.07, 6.45) is -0.750. The molecule has 14 nitrogen and oxygen atoms in total. The molecule has 2 aromatic carbocycles. The van der Waals surface area contributed by atoms with Gasteiger partial charge >= 0.3 is 6.55 Å². The molecule has 2 aliphatic rings. The van der Waals surface area contributed by atoms with E-state index in [0.29, 0.717) is 42.1 Å². The van der Waals surface area contributed by atoms with Crippen molar-refractivity contribution in [2.24, 2.45) is 5.92 Å². The molecule has 2 amide bonds. The van der Waals surface area contributed by atoms with E-state index in [9.17, 15) is 28.6 Å². The lowest BCUT2D eigenvalue weighted by molar-refractivity contribution is -0.141. The van der Waals surface area contributed by atoms with Crippen LogP contribution in [0.3, 0.4) is 0 Å². The molecule has 8 rings (SSSR count). The quantitative estimate of drug-likeness (QED) is 0.107. The summed E-state index contributed by atoms with van der Waals surface area (Å²) in [5.41, 5.74) is 6.48. The smallest absolute Gasteiger partial charge is 0.319 e. The number of aromatic nitrogens is 5. The molecule has 4 aromatic heterocycles. The molecule has 4 atom stereocenters. The topological polar surface area (TPSA) is 172 Å². The zero-order chi connectivity index (χ0) is 42.2. The normalized spacial score (nSPS) is 18.3. The summed E-state index contributed by atoms with van der Waals surface area (Å²) in [6.45, 7) is 6.59. The first-order valence-corrected chi connectivity index (χ1v) is 20.8. The Morgan fingerprint density at radius 3 is 2.50 bits per heavy atom. The number of carbonyl (C=O) groups is 2. The highest BCUT2D eigenvalue weighted by Gasteiger charge is 2.43. The van der Waals surface area contributed by atoms with E-state index in [1.54, 1.807) is 41.7 Å². The Labute approximate surface area is 348 Å². The van der Waals surface area contributed by atoms with E-state index in [0.717, 1.165) is 26.3 Å². The number of alkyl halides is 2. The number of β-amino-alcohol motifs (C(OH)–C–C–N with tert-alkyl or cyclic N) is 1. The number of aliphatic hydroxyl groups is 1. The van der Waals surface area contributed by atoms with Crippen molar-refractivity contribution in [3.63, 3.8) is 0 Å². The highest BCUT2D eigenvalue weighted by molar-refractivity contribution is 7.13. The number of phenolic OH excluding ortho intramolecular Hbond substituents is 1. The number of carbonyl (C=O) groups excluding carboxylic acids is 2. The molecule has 0 aliphatic carbocycles. The van der Waals surface area contributed by atoms with E-state index in [2.05, 4.69) is 30.6 Å². The minimum atomic E-state index is -2.80. The number of halogens is 2. The molecule has 17 heteroatoms. The van der Waals surface area contributed by atoms with Crippen LogP contribution < -0.4 is 10.1 Å². The van der Waals surface area contributed by atoms with Crippen LogP contribution in [0.25, 0.3) is 32.7 Å². The third kappa shape index (κ3) is 8.20. The summed E-state index contributed by atoms with van der Waals surface area (Å²) in [6, 6.07) is 18.0. The number of nitrogens with one attached hydrogen (secondary N) is 1. The van der Waals surface area contributed by atoms with Crippen molar-refractivity contribution in [2.75, 3.05) is 32.8 Å².